The van der Waals surface area contributed by atoms with Gasteiger partial charge >= 0.3 is 5.97 Å². The second-order valence-electron chi connectivity index (χ2n) is 13.4. The van der Waals surface area contributed by atoms with Crippen molar-refractivity contribution < 1.29 is 24.2 Å². The Morgan fingerprint density at radius 3 is 2.51 bits per heavy atom. The van der Waals surface area contributed by atoms with Crippen molar-refractivity contribution in [2.75, 3.05) is 0 Å². The van der Waals surface area contributed by atoms with E-state index in [1.54, 1.807) is 0 Å². The van der Waals surface area contributed by atoms with Crippen LogP contribution in [-0.2, 0) is 19.1 Å². The fourth-order valence-electron chi connectivity index (χ4n) is 8.66. The van der Waals surface area contributed by atoms with Crippen LogP contribution < -0.4 is 0 Å². The number of ketones is 2. The molecule has 0 aromatic heterocycles. The van der Waals surface area contributed by atoms with Crippen LogP contribution in [0.15, 0.2) is 11.6 Å². The number of allylic oxidation sites excluding steroid dienone is 2. The fraction of sp³-hybridized carbons (Fsp3) is 0.833. The Kier molecular flexibility index (Phi) is 6.92. The van der Waals surface area contributed by atoms with E-state index in [1.807, 2.05) is 13.8 Å². The van der Waals surface area contributed by atoms with Gasteiger partial charge in [0.05, 0.1) is 5.60 Å². The topological polar surface area (TPSA) is 80.7 Å². The van der Waals surface area contributed by atoms with E-state index >= 15 is 0 Å². The van der Waals surface area contributed by atoms with Gasteiger partial charge in [0.15, 0.2) is 0 Å². The monoisotopic (exact) mass is 486 g/mol. The van der Waals surface area contributed by atoms with Gasteiger partial charge in [-0.3, -0.25) is 14.4 Å². The Morgan fingerprint density at radius 2 is 1.89 bits per heavy atom. The number of carbonyl (C=O) groups excluding carboxylic acids is 3. The van der Waals surface area contributed by atoms with Crippen LogP contribution in [0.1, 0.15) is 99.8 Å². The number of fused-ring (bicyclic) bond motifs is 5. The van der Waals surface area contributed by atoms with Crippen LogP contribution in [-0.4, -0.2) is 34.3 Å². The molecule has 0 unspecified atom stereocenters. The van der Waals surface area contributed by atoms with Gasteiger partial charge in [-0.05, 0) is 80.0 Å². The third-order valence-corrected chi connectivity index (χ3v) is 10.9. The Labute approximate surface area is 211 Å². The van der Waals surface area contributed by atoms with E-state index < -0.39 is 5.60 Å². The molecule has 0 bridgehead atoms. The predicted molar refractivity (Wildman–Crippen MR) is 135 cm³/mol. The van der Waals surface area contributed by atoms with Crippen LogP contribution in [0.25, 0.3) is 0 Å². The molecule has 4 aliphatic rings. The highest BCUT2D eigenvalue weighted by molar-refractivity contribution is 5.85. The molecule has 0 amide bonds. The van der Waals surface area contributed by atoms with Crippen molar-refractivity contribution in [3.63, 3.8) is 0 Å². The van der Waals surface area contributed by atoms with Crippen LogP contribution in [0.4, 0.5) is 0 Å². The second-order valence-corrected chi connectivity index (χ2v) is 13.4. The molecule has 0 saturated heterocycles. The molecule has 0 spiro atoms. The molecule has 5 nitrogen and oxygen atoms in total. The van der Waals surface area contributed by atoms with Crippen molar-refractivity contribution in [3.05, 3.63) is 11.6 Å². The molecule has 35 heavy (non-hydrogen) atoms. The minimum Gasteiger partial charge on any atom is -0.463 e. The number of aliphatic hydroxyl groups is 1. The smallest absolute Gasteiger partial charge is 0.302 e. The summed E-state index contributed by atoms with van der Waals surface area (Å²) in [5, 5.41) is 11.7. The SMILES string of the molecule is CC(=O)O[C@H]1CC[C@]2(C)C3=CC[C@@]4(C)[C@@H](CC[C@@H]4[C@@](C)(O)CC(=O)[C@H](C)C(C)C)[C@@H]3CC(=O)[C@H]2C1. The number of Topliss-reactive ketones (excluding diaryl/α,β-unsaturated/α-hetero) is 2. The van der Waals surface area contributed by atoms with E-state index in [9.17, 15) is 19.5 Å². The molecular formula is C30H46O5. The minimum atomic E-state index is -1.04. The van der Waals surface area contributed by atoms with E-state index in [0.29, 0.717) is 24.5 Å². The Hall–Kier alpha value is -1.49. The van der Waals surface area contributed by atoms with Crippen molar-refractivity contribution in [1.82, 2.24) is 0 Å². The third-order valence-electron chi connectivity index (χ3n) is 10.9. The minimum absolute atomic E-state index is 0.0430. The van der Waals surface area contributed by atoms with Gasteiger partial charge in [-0.15, -0.1) is 0 Å². The number of rotatable bonds is 6. The lowest BCUT2D eigenvalue weighted by Crippen LogP contribution is -2.54. The van der Waals surface area contributed by atoms with Crippen LogP contribution in [0.2, 0.25) is 0 Å². The molecule has 0 heterocycles. The Bertz CT molecular complexity index is 916. The van der Waals surface area contributed by atoms with Crippen molar-refractivity contribution in [3.8, 4) is 0 Å². The Balaban J connectivity index is 1.58. The highest BCUT2D eigenvalue weighted by atomic mass is 16.5. The summed E-state index contributed by atoms with van der Waals surface area (Å²) in [6.07, 6.45) is 8.10. The molecule has 3 saturated carbocycles. The predicted octanol–water partition coefficient (Wildman–Crippen LogP) is 5.68. The quantitative estimate of drug-likeness (QED) is 0.386. The van der Waals surface area contributed by atoms with Gasteiger partial charge in [-0.25, -0.2) is 0 Å². The van der Waals surface area contributed by atoms with Gasteiger partial charge in [0.25, 0.3) is 0 Å². The standard InChI is InChI=1S/C30H46O5/c1-17(2)18(3)26(33)16-30(7,34)27-9-8-22-21-15-25(32)24-14-20(35-19(4)31)10-12-28(24,5)23(21)11-13-29(22,27)6/h11,17-18,20-22,24,27,34H,8-10,12-16H2,1-7H3/t18-,20+,21+,22+,24-,27+,28-,29+,30+/m1/s1. The number of ether oxygens (including phenoxy) is 1. The largest absolute Gasteiger partial charge is 0.463 e. The van der Waals surface area contributed by atoms with Gasteiger partial charge in [0.2, 0.25) is 0 Å². The van der Waals surface area contributed by atoms with Crippen LogP contribution in [0.3, 0.4) is 0 Å². The summed E-state index contributed by atoms with van der Waals surface area (Å²) in [4.78, 5) is 38.0. The highest BCUT2D eigenvalue weighted by Gasteiger charge is 2.61. The number of esters is 1. The van der Waals surface area contributed by atoms with E-state index in [0.717, 1.165) is 32.1 Å². The van der Waals surface area contributed by atoms with E-state index in [-0.39, 0.29) is 64.7 Å². The van der Waals surface area contributed by atoms with E-state index in [2.05, 4.69) is 33.8 Å². The molecular weight excluding hydrogens is 440 g/mol. The van der Waals surface area contributed by atoms with E-state index in [1.165, 1.54) is 12.5 Å². The molecule has 0 aromatic carbocycles. The van der Waals surface area contributed by atoms with Crippen molar-refractivity contribution in [1.29, 1.82) is 0 Å². The highest BCUT2D eigenvalue weighted by Crippen LogP contribution is 2.66. The lowest BCUT2D eigenvalue weighted by atomic mass is 9.48. The Morgan fingerprint density at radius 1 is 1.20 bits per heavy atom. The summed E-state index contributed by atoms with van der Waals surface area (Å²) in [5.74, 6) is 0.941. The summed E-state index contributed by atoms with van der Waals surface area (Å²) in [6, 6.07) is 0. The summed E-state index contributed by atoms with van der Waals surface area (Å²) < 4.78 is 5.50. The third kappa shape index (κ3) is 4.45. The van der Waals surface area contributed by atoms with Gasteiger partial charge < -0.3 is 9.84 Å². The molecule has 0 aliphatic heterocycles. The summed E-state index contributed by atoms with van der Waals surface area (Å²) in [5.41, 5.74) is 0.122. The molecule has 4 rings (SSSR count). The average molecular weight is 487 g/mol. The second kappa shape index (κ2) is 9.11. The zero-order valence-electron chi connectivity index (χ0n) is 22.9. The first-order valence-corrected chi connectivity index (χ1v) is 13.9. The first-order valence-electron chi connectivity index (χ1n) is 13.9. The van der Waals surface area contributed by atoms with Crippen molar-refractivity contribution >= 4 is 17.5 Å². The van der Waals surface area contributed by atoms with Crippen molar-refractivity contribution in [2.45, 2.75) is 112 Å². The normalized spacial score (nSPS) is 41.2. The molecule has 0 aromatic rings. The van der Waals surface area contributed by atoms with Gasteiger partial charge in [-0.2, -0.15) is 0 Å². The first-order chi connectivity index (χ1) is 16.2. The summed E-state index contributed by atoms with van der Waals surface area (Å²) in [7, 11) is 0. The molecule has 1 N–H and O–H groups in total. The van der Waals surface area contributed by atoms with Gasteiger partial charge in [0.1, 0.15) is 17.7 Å². The molecule has 0 radical (unpaired) electrons. The maximum absolute atomic E-state index is 13.5. The number of carbonyl (C=O) groups is 3. The number of hydrogen-bond donors (Lipinski definition) is 1. The molecule has 9 atom stereocenters. The number of hydrogen-bond acceptors (Lipinski definition) is 5. The molecule has 3 fully saturated rings. The maximum Gasteiger partial charge on any atom is 0.302 e. The van der Waals surface area contributed by atoms with Crippen molar-refractivity contribution in [2.24, 2.45) is 46.3 Å². The molecule has 4 aliphatic carbocycles. The van der Waals surface area contributed by atoms with Crippen LogP contribution in [0, 0.1) is 46.3 Å². The van der Waals surface area contributed by atoms with Crippen LogP contribution in [0.5, 0.6) is 0 Å². The zero-order valence-corrected chi connectivity index (χ0v) is 22.9. The first kappa shape index (κ1) is 26.6. The maximum atomic E-state index is 13.5. The van der Waals surface area contributed by atoms with E-state index in [4.69, 9.17) is 4.74 Å². The van der Waals surface area contributed by atoms with Gasteiger partial charge in [-0.1, -0.05) is 46.3 Å². The lowest BCUT2D eigenvalue weighted by molar-refractivity contribution is -0.155. The molecule has 5 heteroatoms. The fourth-order valence-corrected chi connectivity index (χ4v) is 8.66. The summed E-state index contributed by atoms with van der Waals surface area (Å²) in [6.45, 7) is 14.0. The summed E-state index contributed by atoms with van der Waals surface area (Å²) >= 11 is 0. The molecule has 196 valence electrons. The van der Waals surface area contributed by atoms with Gasteiger partial charge in [0, 0.05) is 31.6 Å². The average Bonchev–Trinajstić information content (AvgIpc) is 3.12. The van der Waals surface area contributed by atoms with Crippen LogP contribution >= 0.6 is 0 Å². The lowest BCUT2D eigenvalue weighted by Gasteiger charge is -2.56. The zero-order chi connectivity index (χ0) is 25.9.